The van der Waals surface area contributed by atoms with Crippen molar-refractivity contribution in [3.8, 4) is 0 Å². The number of sulfonamides is 1. The molecule has 0 radical (unpaired) electrons. The van der Waals surface area contributed by atoms with Crippen LogP contribution in [0.1, 0.15) is 25.1 Å². The Morgan fingerprint density at radius 2 is 2.24 bits per heavy atom. The Kier molecular flexibility index (Phi) is 5.03. The van der Waals surface area contributed by atoms with Gasteiger partial charge in [0.2, 0.25) is 0 Å². The van der Waals surface area contributed by atoms with Gasteiger partial charge in [-0.15, -0.1) is 11.3 Å². The summed E-state index contributed by atoms with van der Waals surface area (Å²) < 4.78 is 32.7. The average molecular weight is 333 g/mol. The Balaban J connectivity index is 2.27. The highest BCUT2D eigenvalue weighted by Crippen LogP contribution is 2.29. The van der Waals surface area contributed by atoms with E-state index in [0.29, 0.717) is 24.4 Å². The maximum Gasteiger partial charge on any atom is 0.308 e. The van der Waals surface area contributed by atoms with Crippen LogP contribution in [0.5, 0.6) is 0 Å². The first-order chi connectivity index (χ1) is 9.84. The molecule has 0 spiro atoms. The number of thiophene rings is 1. The lowest BCUT2D eigenvalue weighted by atomic mass is 10.2. The van der Waals surface area contributed by atoms with Gasteiger partial charge in [-0.1, -0.05) is 6.92 Å². The van der Waals surface area contributed by atoms with Gasteiger partial charge in [-0.2, -0.15) is 4.31 Å². The van der Waals surface area contributed by atoms with E-state index in [1.54, 1.807) is 6.07 Å². The van der Waals surface area contributed by atoms with E-state index < -0.39 is 16.0 Å². The number of hydrogen-bond acceptors (Lipinski definition) is 5. The van der Waals surface area contributed by atoms with Gasteiger partial charge in [0, 0.05) is 17.5 Å². The van der Waals surface area contributed by atoms with Gasteiger partial charge in [0.05, 0.1) is 19.1 Å². The normalized spacial score (nSPS) is 24.1. The number of carbonyl (C=O) groups is 1. The third-order valence-corrected chi connectivity index (χ3v) is 6.89. The summed E-state index contributed by atoms with van der Waals surface area (Å²) >= 11 is 1.02. The number of carboxylic acid groups (broad SMARTS) is 1. The van der Waals surface area contributed by atoms with Crippen LogP contribution in [0.2, 0.25) is 0 Å². The molecule has 118 valence electrons. The zero-order valence-electron chi connectivity index (χ0n) is 12.0. The van der Waals surface area contributed by atoms with Gasteiger partial charge in [0.15, 0.2) is 0 Å². The third kappa shape index (κ3) is 3.63. The smallest absolute Gasteiger partial charge is 0.308 e. The van der Waals surface area contributed by atoms with E-state index in [-0.39, 0.29) is 22.8 Å². The lowest BCUT2D eigenvalue weighted by Crippen LogP contribution is -2.50. The molecule has 2 heterocycles. The Bertz CT molecular complexity index is 610. The van der Waals surface area contributed by atoms with Crippen molar-refractivity contribution < 1.29 is 23.1 Å². The minimum atomic E-state index is -3.59. The summed E-state index contributed by atoms with van der Waals surface area (Å²) in [6.07, 6.45) is 0.386. The highest BCUT2D eigenvalue weighted by molar-refractivity contribution is 7.91. The SMILES string of the molecule is CCC1COC(C)CN1S(=O)(=O)c1ccc(CC(=O)O)s1. The number of morpholine rings is 1. The molecule has 1 N–H and O–H groups in total. The minimum Gasteiger partial charge on any atom is -0.481 e. The van der Waals surface area contributed by atoms with Crippen molar-refractivity contribution in [1.82, 2.24) is 4.31 Å². The van der Waals surface area contributed by atoms with E-state index in [4.69, 9.17) is 9.84 Å². The summed E-state index contributed by atoms with van der Waals surface area (Å²) in [6, 6.07) is 2.89. The predicted molar refractivity (Wildman–Crippen MR) is 79.0 cm³/mol. The number of ether oxygens (including phenoxy) is 1. The molecule has 1 aliphatic heterocycles. The zero-order valence-corrected chi connectivity index (χ0v) is 13.6. The highest BCUT2D eigenvalue weighted by Gasteiger charge is 2.36. The van der Waals surface area contributed by atoms with Gasteiger partial charge >= 0.3 is 5.97 Å². The van der Waals surface area contributed by atoms with Crippen molar-refractivity contribution in [2.24, 2.45) is 0 Å². The molecule has 1 fully saturated rings. The van der Waals surface area contributed by atoms with Gasteiger partial charge in [-0.05, 0) is 25.5 Å². The molecular formula is C13H19NO5S2. The summed E-state index contributed by atoms with van der Waals surface area (Å²) in [5.41, 5.74) is 0. The van der Waals surface area contributed by atoms with Gasteiger partial charge in [0.1, 0.15) is 4.21 Å². The lowest BCUT2D eigenvalue weighted by Gasteiger charge is -2.36. The number of hydrogen-bond donors (Lipinski definition) is 1. The summed E-state index contributed by atoms with van der Waals surface area (Å²) in [7, 11) is -3.59. The van der Waals surface area contributed by atoms with Crippen LogP contribution in [-0.4, -0.2) is 49.1 Å². The van der Waals surface area contributed by atoms with Gasteiger partial charge in [0.25, 0.3) is 10.0 Å². The molecule has 1 aromatic heterocycles. The van der Waals surface area contributed by atoms with Crippen molar-refractivity contribution in [2.75, 3.05) is 13.2 Å². The summed E-state index contributed by atoms with van der Waals surface area (Å²) in [6.45, 7) is 4.49. The van der Waals surface area contributed by atoms with Crippen molar-refractivity contribution in [3.05, 3.63) is 17.0 Å². The Labute approximate surface area is 128 Å². The second-order valence-corrected chi connectivity index (χ2v) is 8.36. The molecule has 0 amide bonds. The van der Waals surface area contributed by atoms with Crippen LogP contribution in [0.3, 0.4) is 0 Å². The van der Waals surface area contributed by atoms with Crippen LogP contribution in [-0.2, 0) is 26.0 Å². The number of nitrogens with zero attached hydrogens (tertiary/aromatic N) is 1. The van der Waals surface area contributed by atoms with E-state index in [1.165, 1.54) is 10.4 Å². The number of aliphatic carboxylic acids is 1. The van der Waals surface area contributed by atoms with E-state index in [2.05, 4.69) is 0 Å². The van der Waals surface area contributed by atoms with Crippen LogP contribution in [0.25, 0.3) is 0 Å². The van der Waals surface area contributed by atoms with Crippen molar-refractivity contribution >= 4 is 27.3 Å². The molecule has 21 heavy (non-hydrogen) atoms. The molecule has 1 saturated heterocycles. The standard InChI is InChI=1S/C13H19NO5S2/c1-3-10-8-19-9(2)7-14(10)21(17,18)13-5-4-11(20-13)6-12(15)16/h4-5,9-10H,3,6-8H2,1-2H3,(H,15,16). The van der Waals surface area contributed by atoms with Gasteiger partial charge < -0.3 is 9.84 Å². The molecule has 2 atom stereocenters. The molecule has 0 aliphatic carbocycles. The molecule has 6 nitrogen and oxygen atoms in total. The van der Waals surface area contributed by atoms with Gasteiger partial charge in [-0.3, -0.25) is 4.79 Å². The van der Waals surface area contributed by atoms with Crippen LogP contribution in [0, 0.1) is 0 Å². The van der Waals surface area contributed by atoms with Crippen molar-refractivity contribution in [3.63, 3.8) is 0 Å². The summed E-state index contributed by atoms with van der Waals surface area (Å²) in [4.78, 5) is 11.2. The van der Waals surface area contributed by atoms with E-state index >= 15 is 0 Å². The minimum absolute atomic E-state index is 0.138. The first-order valence-electron chi connectivity index (χ1n) is 6.78. The second-order valence-electron chi connectivity index (χ2n) is 5.07. The third-order valence-electron chi connectivity index (χ3n) is 3.41. The van der Waals surface area contributed by atoms with Gasteiger partial charge in [-0.25, -0.2) is 8.42 Å². The van der Waals surface area contributed by atoms with E-state index in [9.17, 15) is 13.2 Å². The van der Waals surface area contributed by atoms with Crippen LogP contribution in [0.15, 0.2) is 16.3 Å². The zero-order chi connectivity index (χ0) is 15.6. The molecule has 0 bridgehead atoms. The van der Waals surface area contributed by atoms with Crippen molar-refractivity contribution in [2.45, 2.75) is 43.0 Å². The van der Waals surface area contributed by atoms with Crippen LogP contribution < -0.4 is 0 Å². The molecule has 2 unspecified atom stereocenters. The maximum absolute atomic E-state index is 12.7. The quantitative estimate of drug-likeness (QED) is 0.884. The topological polar surface area (TPSA) is 83.9 Å². The summed E-state index contributed by atoms with van der Waals surface area (Å²) in [5.74, 6) is -0.966. The maximum atomic E-state index is 12.7. The lowest BCUT2D eigenvalue weighted by molar-refractivity contribution is -0.136. The fourth-order valence-electron chi connectivity index (χ4n) is 2.29. The molecule has 0 saturated carbocycles. The Morgan fingerprint density at radius 3 is 2.86 bits per heavy atom. The van der Waals surface area contributed by atoms with Crippen LogP contribution in [0.4, 0.5) is 0 Å². The van der Waals surface area contributed by atoms with Crippen LogP contribution >= 0.6 is 11.3 Å². The molecule has 2 rings (SSSR count). The first kappa shape index (κ1) is 16.4. The molecule has 1 aromatic rings. The average Bonchev–Trinajstić information content (AvgIpc) is 2.87. The highest BCUT2D eigenvalue weighted by atomic mass is 32.2. The Hall–Kier alpha value is -0.960. The molecule has 8 heteroatoms. The first-order valence-corrected chi connectivity index (χ1v) is 9.04. The fourth-order valence-corrected chi connectivity index (χ4v) is 5.52. The number of rotatable bonds is 5. The van der Waals surface area contributed by atoms with E-state index in [1.807, 2.05) is 13.8 Å². The Morgan fingerprint density at radius 1 is 1.52 bits per heavy atom. The number of carboxylic acids is 1. The second kappa shape index (κ2) is 6.43. The molecule has 1 aliphatic rings. The largest absolute Gasteiger partial charge is 0.481 e. The fraction of sp³-hybridized carbons (Fsp3) is 0.615. The summed E-state index contributed by atoms with van der Waals surface area (Å²) in [5, 5.41) is 8.77. The van der Waals surface area contributed by atoms with Crippen molar-refractivity contribution in [1.29, 1.82) is 0 Å². The van der Waals surface area contributed by atoms with E-state index in [0.717, 1.165) is 11.3 Å². The molecule has 0 aromatic carbocycles. The molecular weight excluding hydrogens is 314 g/mol. The monoisotopic (exact) mass is 333 g/mol. The predicted octanol–water partition coefficient (Wildman–Crippen LogP) is 1.56.